The first kappa shape index (κ1) is 27.9. The normalized spacial score (nSPS) is 16.5. The average molecular weight is 530 g/mol. The molecule has 0 saturated carbocycles. The first-order valence-electron chi connectivity index (χ1n) is 13.2. The smallest absolute Gasteiger partial charge is 0.295 e. The molecule has 39 heavy (non-hydrogen) atoms. The second-order valence-corrected chi connectivity index (χ2v) is 9.56. The fourth-order valence-electron chi connectivity index (χ4n) is 4.56. The summed E-state index contributed by atoms with van der Waals surface area (Å²) in [5, 5.41) is 11.3. The Labute approximate surface area is 229 Å². The molecule has 0 aromatic heterocycles. The molecule has 1 atom stereocenters. The van der Waals surface area contributed by atoms with E-state index in [1.807, 2.05) is 49.4 Å². The van der Waals surface area contributed by atoms with Crippen molar-refractivity contribution in [3.63, 3.8) is 0 Å². The van der Waals surface area contributed by atoms with Crippen molar-refractivity contribution in [2.45, 2.75) is 39.3 Å². The quantitative estimate of drug-likeness (QED) is 0.138. The zero-order valence-electron chi connectivity index (χ0n) is 22.7. The highest BCUT2D eigenvalue weighted by Gasteiger charge is 2.45. The summed E-state index contributed by atoms with van der Waals surface area (Å²) in [5.74, 6) is -0.283. The highest BCUT2D eigenvalue weighted by molar-refractivity contribution is 6.46. The molecule has 7 heteroatoms. The maximum atomic E-state index is 13.2. The van der Waals surface area contributed by atoms with Crippen molar-refractivity contribution in [1.29, 1.82) is 0 Å². The minimum absolute atomic E-state index is 0.0455. The van der Waals surface area contributed by atoms with Crippen molar-refractivity contribution in [2.75, 3.05) is 26.9 Å². The molecule has 0 radical (unpaired) electrons. The molecule has 204 valence electrons. The van der Waals surface area contributed by atoms with Crippen molar-refractivity contribution in [3.05, 3.63) is 101 Å². The number of aliphatic hydroxyl groups excluding tert-OH is 1. The fraction of sp³-hybridized carbons (Fsp3) is 0.312. The topological polar surface area (TPSA) is 85.3 Å². The van der Waals surface area contributed by atoms with Gasteiger partial charge in [-0.1, -0.05) is 55.3 Å². The maximum absolute atomic E-state index is 13.2. The molecule has 0 aliphatic carbocycles. The highest BCUT2D eigenvalue weighted by atomic mass is 16.5. The number of carbonyl (C=O) groups is 2. The van der Waals surface area contributed by atoms with Crippen molar-refractivity contribution in [1.82, 2.24) is 4.90 Å². The monoisotopic (exact) mass is 529 g/mol. The second-order valence-electron chi connectivity index (χ2n) is 9.56. The number of aryl methyl sites for hydroxylation is 1. The van der Waals surface area contributed by atoms with Gasteiger partial charge in [0, 0.05) is 19.2 Å². The minimum Gasteiger partial charge on any atom is -0.507 e. The van der Waals surface area contributed by atoms with E-state index < -0.39 is 17.7 Å². The summed E-state index contributed by atoms with van der Waals surface area (Å²) in [5.41, 5.74) is 3.38. The van der Waals surface area contributed by atoms with E-state index in [0.717, 1.165) is 24.0 Å². The summed E-state index contributed by atoms with van der Waals surface area (Å²) in [6, 6.07) is 21.5. The average Bonchev–Trinajstić information content (AvgIpc) is 3.20. The summed E-state index contributed by atoms with van der Waals surface area (Å²) >= 11 is 0. The number of amides is 1. The molecular formula is C32H35NO6. The molecule has 1 heterocycles. The second kappa shape index (κ2) is 13.1. The van der Waals surface area contributed by atoms with Gasteiger partial charge < -0.3 is 24.2 Å². The van der Waals surface area contributed by atoms with Crippen LogP contribution in [0.15, 0.2) is 78.4 Å². The van der Waals surface area contributed by atoms with Crippen LogP contribution in [0.25, 0.3) is 5.76 Å². The number of unbranched alkanes of at least 4 members (excludes halogenated alkanes) is 1. The molecule has 0 unspecified atom stereocenters. The lowest BCUT2D eigenvalue weighted by atomic mass is 9.95. The van der Waals surface area contributed by atoms with Crippen LogP contribution < -0.4 is 9.47 Å². The summed E-state index contributed by atoms with van der Waals surface area (Å²) in [7, 11) is 1.54. The number of aliphatic hydroxyl groups is 1. The molecule has 1 saturated heterocycles. The number of methoxy groups -OCH3 is 1. The van der Waals surface area contributed by atoms with Crippen LogP contribution in [-0.2, 0) is 20.9 Å². The maximum Gasteiger partial charge on any atom is 0.295 e. The highest BCUT2D eigenvalue weighted by Crippen LogP contribution is 2.39. The fourth-order valence-corrected chi connectivity index (χ4v) is 4.56. The summed E-state index contributed by atoms with van der Waals surface area (Å²) in [6.07, 6.45) is 1.99. The summed E-state index contributed by atoms with van der Waals surface area (Å²) in [6.45, 7) is 5.63. The lowest BCUT2D eigenvalue weighted by Crippen LogP contribution is -2.32. The Morgan fingerprint density at radius 3 is 2.28 bits per heavy atom. The number of likely N-dealkylation sites (tertiary alicyclic amines) is 1. The zero-order valence-corrected chi connectivity index (χ0v) is 22.7. The molecule has 1 amide bonds. The predicted molar refractivity (Wildman–Crippen MR) is 150 cm³/mol. The molecule has 4 rings (SSSR count). The Hall–Kier alpha value is -4.10. The van der Waals surface area contributed by atoms with Crippen molar-refractivity contribution in [2.24, 2.45) is 0 Å². The van der Waals surface area contributed by atoms with Crippen LogP contribution in [0.2, 0.25) is 0 Å². The van der Waals surface area contributed by atoms with Gasteiger partial charge in [-0.3, -0.25) is 9.59 Å². The number of nitrogens with zero attached hydrogens (tertiary/aromatic N) is 1. The summed E-state index contributed by atoms with van der Waals surface area (Å²) in [4.78, 5) is 27.6. The molecule has 0 spiro atoms. The van der Waals surface area contributed by atoms with E-state index in [2.05, 4.69) is 13.0 Å². The lowest BCUT2D eigenvalue weighted by Gasteiger charge is -2.25. The molecule has 3 aromatic carbocycles. The Kier molecular flexibility index (Phi) is 9.39. The van der Waals surface area contributed by atoms with Crippen LogP contribution in [-0.4, -0.2) is 48.6 Å². The number of hydrogen-bond donors (Lipinski definition) is 1. The standard InChI is InChI=1S/C32H35NO6/c1-4-5-18-38-26-13-9-24(10-14-26)29-28(31(35)32(36)33(29)17-19-37-3)30(34)25-11-15-27(16-12-25)39-21-23-8-6-7-22(2)20-23/h6-16,20,29,34H,4-5,17-19,21H2,1-3H3/t29-/m0/s1. The number of carbonyl (C=O) groups excluding carboxylic acids is 2. The van der Waals surface area contributed by atoms with E-state index in [-0.39, 0.29) is 24.5 Å². The first-order chi connectivity index (χ1) is 18.9. The molecule has 1 N–H and O–H groups in total. The van der Waals surface area contributed by atoms with Gasteiger partial charge in [0.15, 0.2) is 0 Å². The zero-order chi connectivity index (χ0) is 27.8. The number of ether oxygens (including phenoxy) is 3. The van der Waals surface area contributed by atoms with E-state index in [1.54, 1.807) is 24.3 Å². The van der Waals surface area contributed by atoms with Gasteiger partial charge in [0.1, 0.15) is 23.9 Å². The van der Waals surface area contributed by atoms with Gasteiger partial charge in [0.25, 0.3) is 11.7 Å². The first-order valence-corrected chi connectivity index (χ1v) is 13.2. The Bertz CT molecular complexity index is 1310. The Morgan fingerprint density at radius 2 is 1.62 bits per heavy atom. The van der Waals surface area contributed by atoms with Gasteiger partial charge >= 0.3 is 0 Å². The molecule has 1 aliphatic heterocycles. The number of Topliss-reactive ketones (excluding diaryl/α,β-unsaturated/α-hetero) is 1. The van der Waals surface area contributed by atoms with E-state index in [4.69, 9.17) is 14.2 Å². The molecule has 1 fully saturated rings. The van der Waals surface area contributed by atoms with E-state index >= 15 is 0 Å². The molecule has 3 aromatic rings. The van der Waals surface area contributed by atoms with E-state index in [0.29, 0.717) is 35.8 Å². The largest absolute Gasteiger partial charge is 0.507 e. The number of hydrogen-bond acceptors (Lipinski definition) is 6. The van der Waals surface area contributed by atoms with Crippen LogP contribution >= 0.6 is 0 Å². The van der Waals surface area contributed by atoms with E-state index in [1.165, 1.54) is 12.0 Å². The van der Waals surface area contributed by atoms with Gasteiger partial charge in [0.2, 0.25) is 0 Å². The summed E-state index contributed by atoms with van der Waals surface area (Å²) < 4.78 is 16.8. The third-order valence-corrected chi connectivity index (χ3v) is 6.65. The van der Waals surface area contributed by atoms with Crippen molar-refractivity contribution < 1.29 is 28.9 Å². The van der Waals surface area contributed by atoms with Gasteiger partial charge in [0.05, 0.1) is 24.8 Å². The minimum atomic E-state index is -0.748. The van der Waals surface area contributed by atoms with Crippen LogP contribution in [0.4, 0.5) is 0 Å². The number of benzene rings is 3. The predicted octanol–water partition coefficient (Wildman–Crippen LogP) is 5.82. The number of rotatable bonds is 12. The number of ketones is 1. The third kappa shape index (κ3) is 6.67. The lowest BCUT2D eigenvalue weighted by molar-refractivity contribution is -0.140. The van der Waals surface area contributed by atoms with Crippen LogP contribution in [0.5, 0.6) is 11.5 Å². The van der Waals surface area contributed by atoms with Crippen LogP contribution in [0.3, 0.4) is 0 Å². The van der Waals surface area contributed by atoms with Gasteiger partial charge in [-0.2, -0.15) is 0 Å². The van der Waals surface area contributed by atoms with Gasteiger partial charge in [-0.25, -0.2) is 0 Å². The van der Waals surface area contributed by atoms with Crippen LogP contribution in [0.1, 0.15) is 48.1 Å². The van der Waals surface area contributed by atoms with E-state index in [9.17, 15) is 14.7 Å². The SMILES string of the molecule is CCCCOc1ccc([C@H]2C(=C(O)c3ccc(OCc4cccc(C)c4)cc3)C(=O)C(=O)N2CCOC)cc1. The molecular weight excluding hydrogens is 494 g/mol. The Morgan fingerprint density at radius 1 is 0.923 bits per heavy atom. The molecule has 7 nitrogen and oxygen atoms in total. The third-order valence-electron chi connectivity index (χ3n) is 6.65. The Balaban J connectivity index is 1.60. The van der Waals surface area contributed by atoms with Crippen molar-refractivity contribution >= 4 is 17.4 Å². The van der Waals surface area contributed by atoms with Crippen molar-refractivity contribution in [3.8, 4) is 11.5 Å². The van der Waals surface area contributed by atoms with Crippen LogP contribution in [0, 0.1) is 6.92 Å². The van der Waals surface area contributed by atoms with Gasteiger partial charge in [-0.05, 0) is 60.9 Å². The molecule has 1 aliphatic rings. The molecule has 0 bridgehead atoms. The van der Waals surface area contributed by atoms with Gasteiger partial charge in [-0.15, -0.1) is 0 Å².